The Labute approximate surface area is 145 Å². The van der Waals surface area contributed by atoms with Crippen molar-refractivity contribution in [3.63, 3.8) is 0 Å². The fourth-order valence-corrected chi connectivity index (χ4v) is 2.37. The molecule has 0 radical (unpaired) electrons. The zero-order valence-electron chi connectivity index (χ0n) is 15.1. The number of amides is 1. The van der Waals surface area contributed by atoms with Gasteiger partial charge in [0.15, 0.2) is 0 Å². The Morgan fingerprint density at radius 1 is 1.36 bits per heavy atom. The third-order valence-electron chi connectivity index (χ3n) is 3.94. The number of ether oxygens (including phenoxy) is 1. The predicted octanol–water partition coefficient (Wildman–Crippen LogP) is 2.80. The van der Waals surface area contributed by atoms with Gasteiger partial charge in [0.1, 0.15) is 11.4 Å². The second-order valence-electron chi connectivity index (χ2n) is 7.37. The minimum absolute atomic E-state index is 0.228. The Kier molecular flexibility index (Phi) is 4.14. The molecule has 3 rings (SSSR count). The molecule has 1 aliphatic carbocycles. The Morgan fingerprint density at radius 3 is 2.60 bits per heavy atom. The largest absolute Gasteiger partial charge is 0.444 e. The molecule has 2 heterocycles. The quantitative estimate of drug-likeness (QED) is 0.890. The molecule has 0 saturated heterocycles. The highest BCUT2D eigenvalue weighted by Gasteiger charge is 2.29. The molecule has 2 aromatic heterocycles. The lowest BCUT2D eigenvalue weighted by Crippen LogP contribution is -2.28. The van der Waals surface area contributed by atoms with E-state index in [0.29, 0.717) is 23.0 Å². The van der Waals surface area contributed by atoms with Crippen LogP contribution < -0.4 is 10.9 Å². The van der Waals surface area contributed by atoms with Gasteiger partial charge in [-0.3, -0.25) is 15.1 Å². The highest BCUT2D eigenvalue weighted by atomic mass is 16.6. The number of aromatic nitrogens is 4. The van der Waals surface area contributed by atoms with Gasteiger partial charge < -0.3 is 4.74 Å². The summed E-state index contributed by atoms with van der Waals surface area (Å²) in [5, 5.41) is 7.22. The smallest absolute Gasteiger partial charge is 0.413 e. The Morgan fingerprint density at radius 2 is 2.04 bits per heavy atom. The lowest BCUT2D eigenvalue weighted by atomic mass is 10.2. The van der Waals surface area contributed by atoms with E-state index in [4.69, 9.17) is 4.74 Å². The number of nitrogens with one attached hydrogen (secondary N) is 2. The molecule has 1 aliphatic rings. The minimum atomic E-state index is -0.610. The maximum atomic E-state index is 12.1. The van der Waals surface area contributed by atoms with E-state index in [1.165, 1.54) is 4.68 Å². The normalized spacial score (nSPS) is 14.4. The van der Waals surface area contributed by atoms with Gasteiger partial charge in [-0.1, -0.05) is 0 Å². The molecule has 2 aromatic rings. The molecule has 134 valence electrons. The highest BCUT2D eigenvalue weighted by Crippen LogP contribution is 2.40. The van der Waals surface area contributed by atoms with E-state index in [9.17, 15) is 9.59 Å². The molecule has 0 atom stereocenters. The van der Waals surface area contributed by atoms with Crippen molar-refractivity contribution in [2.75, 3.05) is 5.32 Å². The second kappa shape index (κ2) is 6.02. The van der Waals surface area contributed by atoms with E-state index in [0.717, 1.165) is 18.5 Å². The standard InChI is InChI=1S/C17H23N5O3/c1-9-10(2)18-15(20-14(9)23)22-13(8-12(21-22)11-6-7-11)19-16(24)25-17(3,4)5/h8,11H,6-7H2,1-5H3,(H,19,24)(H,18,20,23). The highest BCUT2D eigenvalue weighted by molar-refractivity contribution is 5.84. The van der Waals surface area contributed by atoms with Gasteiger partial charge in [0.05, 0.1) is 5.69 Å². The summed E-state index contributed by atoms with van der Waals surface area (Å²) >= 11 is 0. The second-order valence-corrected chi connectivity index (χ2v) is 7.37. The Bertz CT molecular complexity index is 871. The number of H-pyrrole nitrogens is 1. The van der Waals surface area contributed by atoms with Crippen molar-refractivity contribution in [3.8, 4) is 5.95 Å². The Balaban J connectivity index is 1.98. The summed E-state index contributed by atoms with van der Waals surface area (Å²) < 4.78 is 6.75. The number of carbonyl (C=O) groups is 1. The molecule has 0 aromatic carbocycles. The van der Waals surface area contributed by atoms with E-state index in [1.807, 2.05) is 0 Å². The maximum Gasteiger partial charge on any atom is 0.413 e. The maximum absolute atomic E-state index is 12.1. The van der Waals surface area contributed by atoms with Crippen molar-refractivity contribution in [2.24, 2.45) is 0 Å². The van der Waals surface area contributed by atoms with Gasteiger partial charge in [0, 0.05) is 23.2 Å². The van der Waals surface area contributed by atoms with Gasteiger partial charge in [-0.15, -0.1) is 0 Å². The lowest BCUT2D eigenvalue weighted by Gasteiger charge is -2.19. The predicted molar refractivity (Wildman–Crippen MR) is 93.3 cm³/mol. The number of anilines is 1. The number of aromatic amines is 1. The molecule has 0 spiro atoms. The summed E-state index contributed by atoms with van der Waals surface area (Å²) in [4.78, 5) is 31.3. The first-order valence-corrected chi connectivity index (χ1v) is 8.32. The third-order valence-corrected chi connectivity index (χ3v) is 3.94. The average Bonchev–Trinajstić information content (AvgIpc) is 3.24. The van der Waals surface area contributed by atoms with Gasteiger partial charge in [0.25, 0.3) is 5.56 Å². The number of hydrogen-bond donors (Lipinski definition) is 2. The molecule has 1 amide bonds. The molecule has 25 heavy (non-hydrogen) atoms. The average molecular weight is 345 g/mol. The van der Waals surface area contributed by atoms with Gasteiger partial charge >= 0.3 is 6.09 Å². The summed E-state index contributed by atoms with van der Waals surface area (Å²) in [5.74, 6) is 1.08. The van der Waals surface area contributed by atoms with E-state index >= 15 is 0 Å². The number of nitrogens with zero attached hydrogens (tertiary/aromatic N) is 3. The fourth-order valence-electron chi connectivity index (χ4n) is 2.37. The van der Waals surface area contributed by atoms with Crippen molar-refractivity contribution >= 4 is 11.9 Å². The SMILES string of the molecule is Cc1nc(-n2nc(C3CC3)cc2NC(=O)OC(C)(C)C)[nH]c(=O)c1C. The van der Waals surface area contributed by atoms with Gasteiger partial charge in [-0.05, 0) is 47.5 Å². The first kappa shape index (κ1) is 17.2. The van der Waals surface area contributed by atoms with Gasteiger partial charge in [0.2, 0.25) is 5.95 Å². The van der Waals surface area contributed by atoms with Crippen molar-refractivity contribution in [2.45, 2.75) is 59.0 Å². The molecular formula is C17H23N5O3. The molecule has 1 saturated carbocycles. The molecule has 0 bridgehead atoms. The van der Waals surface area contributed by atoms with E-state index in [2.05, 4.69) is 20.4 Å². The fraction of sp³-hybridized carbons (Fsp3) is 0.529. The van der Waals surface area contributed by atoms with Crippen LogP contribution in [0.15, 0.2) is 10.9 Å². The lowest BCUT2D eigenvalue weighted by molar-refractivity contribution is 0.0635. The summed E-state index contributed by atoms with van der Waals surface area (Å²) in [6.07, 6.45) is 1.56. The monoisotopic (exact) mass is 345 g/mol. The molecule has 8 heteroatoms. The summed E-state index contributed by atoms with van der Waals surface area (Å²) in [5.41, 5.74) is 1.20. The summed E-state index contributed by atoms with van der Waals surface area (Å²) in [7, 11) is 0. The van der Waals surface area contributed by atoms with Crippen LogP contribution in [0.1, 0.15) is 56.5 Å². The van der Waals surface area contributed by atoms with Gasteiger partial charge in [-0.2, -0.15) is 9.78 Å². The topological polar surface area (TPSA) is 102 Å². The number of aryl methyl sites for hydroxylation is 1. The number of carbonyl (C=O) groups excluding carboxylic acids is 1. The van der Waals surface area contributed by atoms with Crippen LogP contribution in [0.3, 0.4) is 0 Å². The van der Waals surface area contributed by atoms with E-state index in [1.54, 1.807) is 40.7 Å². The molecule has 2 N–H and O–H groups in total. The molecule has 8 nitrogen and oxygen atoms in total. The van der Waals surface area contributed by atoms with Crippen LogP contribution in [0.5, 0.6) is 0 Å². The number of rotatable bonds is 3. The van der Waals surface area contributed by atoms with Crippen LogP contribution in [-0.2, 0) is 4.74 Å². The van der Waals surface area contributed by atoms with Crippen LogP contribution >= 0.6 is 0 Å². The van der Waals surface area contributed by atoms with Crippen LogP contribution in [0.25, 0.3) is 5.95 Å². The zero-order chi connectivity index (χ0) is 18.4. The van der Waals surface area contributed by atoms with Crippen LogP contribution in [0, 0.1) is 13.8 Å². The first-order valence-electron chi connectivity index (χ1n) is 8.32. The van der Waals surface area contributed by atoms with Crippen LogP contribution in [0.2, 0.25) is 0 Å². The van der Waals surface area contributed by atoms with E-state index < -0.39 is 11.7 Å². The van der Waals surface area contributed by atoms with Crippen molar-refractivity contribution in [1.29, 1.82) is 0 Å². The minimum Gasteiger partial charge on any atom is -0.444 e. The number of hydrogen-bond acceptors (Lipinski definition) is 5. The zero-order valence-corrected chi connectivity index (χ0v) is 15.1. The molecule has 0 unspecified atom stereocenters. The third kappa shape index (κ3) is 3.89. The Hall–Kier alpha value is -2.64. The van der Waals surface area contributed by atoms with Crippen molar-refractivity contribution in [3.05, 3.63) is 33.4 Å². The first-order chi connectivity index (χ1) is 11.6. The van der Waals surface area contributed by atoms with Gasteiger partial charge in [-0.25, -0.2) is 9.78 Å². The van der Waals surface area contributed by atoms with Crippen molar-refractivity contribution in [1.82, 2.24) is 19.7 Å². The van der Waals surface area contributed by atoms with Crippen LogP contribution in [0.4, 0.5) is 10.6 Å². The molecule has 1 fully saturated rings. The molecular weight excluding hydrogens is 322 g/mol. The van der Waals surface area contributed by atoms with E-state index in [-0.39, 0.29) is 11.5 Å². The summed E-state index contributed by atoms with van der Waals surface area (Å²) in [6.45, 7) is 8.86. The van der Waals surface area contributed by atoms with Crippen molar-refractivity contribution < 1.29 is 9.53 Å². The van der Waals surface area contributed by atoms with Crippen LogP contribution in [-0.4, -0.2) is 31.4 Å². The molecule has 0 aliphatic heterocycles. The summed E-state index contributed by atoms with van der Waals surface area (Å²) in [6, 6.07) is 1.80.